The van der Waals surface area contributed by atoms with Crippen LogP contribution in [-0.2, 0) is 13.6 Å². The molecule has 2 aromatic heterocycles. The SMILES string of the molecule is Cn1cnc(CNc2ncnc(NN)c2Br)n1. The average Bonchev–Trinajstić information content (AvgIpc) is 2.74. The van der Waals surface area contributed by atoms with Crippen LogP contribution in [0.15, 0.2) is 17.1 Å². The van der Waals surface area contributed by atoms with Crippen LogP contribution < -0.4 is 16.6 Å². The van der Waals surface area contributed by atoms with Crippen LogP contribution in [0.4, 0.5) is 11.6 Å². The van der Waals surface area contributed by atoms with Gasteiger partial charge in [0, 0.05) is 7.05 Å². The molecule has 0 unspecified atom stereocenters. The average molecular weight is 299 g/mol. The molecule has 0 amide bonds. The fourth-order valence-corrected chi connectivity index (χ4v) is 1.68. The molecule has 0 spiro atoms. The molecule has 0 aliphatic rings. The van der Waals surface area contributed by atoms with Gasteiger partial charge in [-0.15, -0.1) is 0 Å². The molecule has 2 heterocycles. The van der Waals surface area contributed by atoms with Crippen LogP contribution in [0.25, 0.3) is 0 Å². The number of anilines is 2. The number of nitrogens with zero attached hydrogens (tertiary/aromatic N) is 5. The molecule has 0 aliphatic carbocycles. The van der Waals surface area contributed by atoms with Gasteiger partial charge in [-0.3, -0.25) is 4.68 Å². The maximum absolute atomic E-state index is 5.30. The number of aryl methyl sites for hydroxylation is 1. The molecule has 4 N–H and O–H groups in total. The molecule has 0 fully saturated rings. The molecule has 0 saturated carbocycles. The Hall–Kier alpha value is -1.74. The molecule has 0 atom stereocenters. The predicted octanol–water partition coefficient (Wildman–Crippen LogP) is 0.265. The summed E-state index contributed by atoms with van der Waals surface area (Å²) in [5.74, 6) is 7.12. The van der Waals surface area contributed by atoms with E-state index in [2.05, 4.69) is 46.7 Å². The minimum atomic E-state index is 0.473. The second-order valence-corrected chi connectivity index (χ2v) is 4.01. The molecule has 2 rings (SSSR count). The van der Waals surface area contributed by atoms with Crippen molar-refractivity contribution in [3.8, 4) is 0 Å². The van der Waals surface area contributed by atoms with E-state index < -0.39 is 0 Å². The van der Waals surface area contributed by atoms with Gasteiger partial charge >= 0.3 is 0 Å². The Balaban J connectivity index is 2.09. The van der Waals surface area contributed by atoms with Gasteiger partial charge in [0.15, 0.2) is 11.6 Å². The lowest BCUT2D eigenvalue weighted by Crippen LogP contribution is -2.11. The Morgan fingerprint density at radius 1 is 1.35 bits per heavy atom. The maximum Gasteiger partial charge on any atom is 0.169 e. The van der Waals surface area contributed by atoms with Gasteiger partial charge in [0.05, 0.1) is 6.54 Å². The summed E-state index contributed by atoms with van der Waals surface area (Å²) >= 11 is 3.34. The van der Waals surface area contributed by atoms with Crippen molar-refractivity contribution in [2.24, 2.45) is 12.9 Å². The molecule has 17 heavy (non-hydrogen) atoms. The third-order valence-electron chi connectivity index (χ3n) is 1.99. The number of hydrazine groups is 1. The quantitative estimate of drug-likeness (QED) is 0.549. The summed E-state index contributed by atoms with van der Waals surface area (Å²) < 4.78 is 2.30. The van der Waals surface area contributed by atoms with Gasteiger partial charge < -0.3 is 10.7 Å². The highest BCUT2D eigenvalue weighted by Crippen LogP contribution is 2.25. The summed E-state index contributed by atoms with van der Waals surface area (Å²) in [6.07, 6.45) is 3.05. The van der Waals surface area contributed by atoms with Crippen molar-refractivity contribution in [2.75, 3.05) is 10.7 Å². The Kier molecular flexibility index (Phi) is 3.49. The van der Waals surface area contributed by atoms with Crippen LogP contribution in [-0.4, -0.2) is 24.7 Å². The molecule has 0 aromatic carbocycles. The van der Waals surface area contributed by atoms with E-state index in [0.717, 1.165) is 0 Å². The molecule has 90 valence electrons. The van der Waals surface area contributed by atoms with E-state index in [1.54, 1.807) is 11.0 Å². The molecular formula is C8H11BrN8. The van der Waals surface area contributed by atoms with Gasteiger partial charge in [0.1, 0.15) is 22.9 Å². The number of nitrogens with one attached hydrogen (secondary N) is 2. The van der Waals surface area contributed by atoms with E-state index in [0.29, 0.717) is 28.5 Å². The zero-order chi connectivity index (χ0) is 12.3. The van der Waals surface area contributed by atoms with E-state index in [4.69, 9.17) is 5.84 Å². The zero-order valence-corrected chi connectivity index (χ0v) is 10.6. The normalized spacial score (nSPS) is 10.3. The molecule has 2 aromatic rings. The second-order valence-electron chi connectivity index (χ2n) is 3.22. The van der Waals surface area contributed by atoms with E-state index in [9.17, 15) is 0 Å². The lowest BCUT2D eigenvalue weighted by molar-refractivity contribution is 0.747. The number of nitrogens with two attached hydrogens (primary N) is 1. The number of hydrogen-bond acceptors (Lipinski definition) is 7. The van der Waals surface area contributed by atoms with Crippen molar-refractivity contribution in [3.05, 3.63) is 23.0 Å². The second kappa shape index (κ2) is 5.06. The Morgan fingerprint density at radius 3 is 2.76 bits per heavy atom. The smallest absolute Gasteiger partial charge is 0.169 e. The molecule has 0 bridgehead atoms. The third kappa shape index (κ3) is 2.68. The summed E-state index contributed by atoms with van der Waals surface area (Å²) in [5.41, 5.74) is 2.46. The lowest BCUT2D eigenvalue weighted by Gasteiger charge is -2.07. The number of hydrogen-bond donors (Lipinski definition) is 3. The van der Waals surface area contributed by atoms with Crippen LogP contribution in [0, 0.1) is 0 Å². The Morgan fingerprint density at radius 2 is 2.12 bits per heavy atom. The minimum Gasteiger partial charge on any atom is -0.362 e. The fraction of sp³-hybridized carbons (Fsp3) is 0.250. The van der Waals surface area contributed by atoms with Crippen LogP contribution in [0.5, 0.6) is 0 Å². The first-order valence-corrected chi connectivity index (χ1v) is 5.55. The first-order valence-electron chi connectivity index (χ1n) is 4.76. The van der Waals surface area contributed by atoms with Gasteiger partial charge in [0.2, 0.25) is 0 Å². The van der Waals surface area contributed by atoms with E-state index in [-0.39, 0.29) is 0 Å². The van der Waals surface area contributed by atoms with Gasteiger partial charge in [-0.05, 0) is 15.9 Å². The van der Waals surface area contributed by atoms with Crippen molar-refractivity contribution >= 4 is 27.6 Å². The Bertz CT molecular complexity index is 510. The van der Waals surface area contributed by atoms with Crippen molar-refractivity contribution in [1.29, 1.82) is 0 Å². The first kappa shape index (κ1) is 11.7. The van der Waals surface area contributed by atoms with Gasteiger partial charge in [-0.1, -0.05) is 0 Å². The molecular weight excluding hydrogens is 288 g/mol. The monoisotopic (exact) mass is 298 g/mol. The number of rotatable bonds is 4. The molecule has 0 saturated heterocycles. The van der Waals surface area contributed by atoms with Gasteiger partial charge in [-0.25, -0.2) is 20.8 Å². The molecule has 0 aliphatic heterocycles. The van der Waals surface area contributed by atoms with Crippen molar-refractivity contribution in [3.63, 3.8) is 0 Å². The van der Waals surface area contributed by atoms with Crippen LogP contribution >= 0.6 is 15.9 Å². The summed E-state index contributed by atoms with van der Waals surface area (Å²) in [7, 11) is 1.81. The van der Waals surface area contributed by atoms with Crippen LogP contribution in [0.2, 0.25) is 0 Å². The van der Waals surface area contributed by atoms with Crippen LogP contribution in [0.1, 0.15) is 5.82 Å². The van der Waals surface area contributed by atoms with E-state index >= 15 is 0 Å². The number of aromatic nitrogens is 5. The van der Waals surface area contributed by atoms with E-state index in [1.807, 2.05) is 7.05 Å². The van der Waals surface area contributed by atoms with Crippen molar-refractivity contribution in [1.82, 2.24) is 24.7 Å². The standard InChI is InChI=1S/C8H11BrN8/c1-17-4-14-5(16-17)2-11-7-6(9)8(15-10)13-3-12-7/h3-4H,2,10H2,1H3,(H2,11,12,13,15). The zero-order valence-electron chi connectivity index (χ0n) is 9.05. The topological polar surface area (TPSA) is 107 Å². The summed E-state index contributed by atoms with van der Waals surface area (Å²) in [6, 6.07) is 0. The van der Waals surface area contributed by atoms with Crippen molar-refractivity contribution < 1.29 is 0 Å². The highest BCUT2D eigenvalue weighted by molar-refractivity contribution is 9.10. The molecule has 9 heteroatoms. The highest BCUT2D eigenvalue weighted by Gasteiger charge is 2.08. The van der Waals surface area contributed by atoms with Gasteiger partial charge in [0.25, 0.3) is 0 Å². The number of nitrogen functional groups attached to an aromatic ring is 1. The van der Waals surface area contributed by atoms with Crippen LogP contribution in [0.3, 0.4) is 0 Å². The summed E-state index contributed by atoms with van der Waals surface area (Å²) in [6.45, 7) is 0.473. The molecule has 0 radical (unpaired) electrons. The predicted molar refractivity (Wildman–Crippen MR) is 65.9 cm³/mol. The van der Waals surface area contributed by atoms with Crippen molar-refractivity contribution in [2.45, 2.75) is 6.54 Å². The fourth-order valence-electron chi connectivity index (χ4n) is 1.22. The largest absolute Gasteiger partial charge is 0.362 e. The lowest BCUT2D eigenvalue weighted by atomic mass is 10.5. The molecule has 8 nitrogen and oxygen atoms in total. The summed E-state index contributed by atoms with van der Waals surface area (Å²) in [5, 5.41) is 7.23. The summed E-state index contributed by atoms with van der Waals surface area (Å²) in [4.78, 5) is 12.1. The third-order valence-corrected chi connectivity index (χ3v) is 2.74. The maximum atomic E-state index is 5.30. The highest BCUT2D eigenvalue weighted by atomic mass is 79.9. The number of halogens is 1. The first-order chi connectivity index (χ1) is 8.20. The van der Waals surface area contributed by atoms with E-state index in [1.165, 1.54) is 6.33 Å². The minimum absolute atomic E-state index is 0.473. The van der Waals surface area contributed by atoms with Gasteiger partial charge in [-0.2, -0.15) is 5.10 Å². The Labute approximate surface area is 106 Å².